The van der Waals surface area contributed by atoms with Gasteiger partial charge in [0.25, 0.3) is 0 Å². The van der Waals surface area contributed by atoms with Gasteiger partial charge in [-0.25, -0.2) is 9.78 Å². The van der Waals surface area contributed by atoms with Crippen LogP contribution in [0.25, 0.3) is 0 Å². The standard InChI is InChI=1S/C15H15N3O2S/c1-21-14-12(9-17)11(8-13(18-14)10-4-5-10)15(19)20-7-3-2-6-16/h8,10H,2-5,7H2,1H3. The van der Waals surface area contributed by atoms with Crippen molar-refractivity contribution >= 4 is 17.7 Å². The smallest absolute Gasteiger partial charge is 0.339 e. The van der Waals surface area contributed by atoms with Crippen LogP contribution >= 0.6 is 11.8 Å². The fraction of sp³-hybridized carbons (Fsp3) is 0.467. The van der Waals surface area contributed by atoms with Gasteiger partial charge in [-0.3, -0.25) is 0 Å². The SMILES string of the molecule is CSc1nc(C2CC2)cc(C(=O)OCCCC#N)c1C#N. The summed E-state index contributed by atoms with van der Waals surface area (Å²) < 4.78 is 5.15. The summed E-state index contributed by atoms with van der Waals surface area (Å²) in [5.74, 6) is -0.113. The van der Waals surface area contributed by atoms with Crippen LogP contribution in [0, 0.1) is 22.7 Å². The van der Waals surface area contributed by atoms with Crippen molar-refractivity contribution in [2.24, 2.45) is 0 Å². The summed E-state index contributed by atoms with van der Waals surface area (Å²) in [4.78, 5) is 16.6. The first-order chi connectivity index (χ1) is 10.2. The van der Waals surface area contributed by atoms with E-state index in [4.69, 9.17) is 10.00 Å². The Labute approximate surface area is 127 Å². The Morgan fingerprint density at radius 3 is 2.86 bits per heavy atom. The average Bonchev–Trinajstić information content (AvgIpc) is 3.34. The summed E-state index contributed by atoms with van der Waals surface area (Å²) in [5.41, 5.74) is 1.43. The molecule has 0 spiro atoms. The predicted octanol–water partition coefficient (Wildman–Crippen LogP) is 3.01. The van der Waals surface area contributed by atoms with E-state index < -0.39 is 5.97 Å². The number of esters is 1. The molecular formula is C15H15N3O2S. The third-order valence-electron chi connectivity index (χ3n) is 3.19. The molecule has 5 nitrogen and oxygen atoms in total. The zero-order chi connectivity index (χ0) is 15.2. The first kappa shape index (κ1) is 15.3. The van der Waals surface area contributed by atoms with E-state index in [2.05, 4.69) is 4.98 Å². The number of nitrogens with zero attached hydrogens (tertiary/aromatic N) is 3. The lowest BCUT2D eigenvalue weighted by Crippen LogP contribution is -2.11. The topological polar surface area (TPSA) is 86.8 Å². The number of hydrogen-bond acceptors (Lipinski definition) is 6. The largest absolute Gasteiger partial charge is 0.462 e. The lowest BCUT2D eigenvalue weighted by atomic mass is 10.1. The maximum atomic E-state index is 12.2. The molecule has 0 saturated heterocycles. The number of unbranched alkanes of at least 4 members (excludes halogenated alkanes) is 1. The van der Waals surface area contributed by atoms with E-state index in [1.54, 1.807) is 6.07 Å². The molecule has 1 aliphatic rings. The molecule has 0 radical (unpaired) electrons. The van der Waals surface area contributed by atoms with Gasteiger partial charge in [-0.15, -0.1) is 11.8 Å². The zero-order valence-corrected chi connectivity index (χ0v) is 12.6. The highest BCUT2D eigenvalue weighted by Crippen LogP contribution is 2.40. The maximum Gasteiger partial charge on any atom is 0.339 e. The first-order valence-corrected chi connectivity index (χ1v) is 7.96. The molecule has 1 saturated carbocycles. The first-order valence-electron chi connectivity index (χ1n) is 6.74. The Kier molecular flexibility index (Phi) is 5.19. The number of nitriles is 2. The van der Waals surface area contributed by atoms with E-state index in [0.717, 1.165) is 18.5 Å². The van der Waals surface area contributed by atoms with Gasteiger partial charge in [0, 0.05) is 18.0 Å². The number of carbonyl (C=O) groups excluding carboxylic acids is 1. The van der Waals surface area contributed by atoms with Crippen molar-refractivity contribution in [3.8, 4) is 12.1 Å². The van der Waals surface area contributed by atoms with Gasteiger partial charge in [0.1, 0.15) is 11.1 Å². The quantitative estimate of drug-likeness (QED) is 0.456. The second-order valence-corrected chi connectivity index (χ2v) is 5.56. The van der Waals surface area contributed by atoms with E-state index in [-0.39, 0.29) is 17.7 Å². The van der Waals surface area contributed by atoms with Crippen molar-refractivity contribution in [3.63, 3.8) is 0 Å². The number of pyridine rings is 1. The van der Waals surface area contributed by atoms with Crippen LogP contribution in [0.2, 0.25) is 0 Å². The van der Waals surface area contributed by atoms with Crippen molar-refractivity contribution in [1.82, 2.24) is 4.98 Å². The van der Waals surface area contributed by atoms with E-state index in [0.29, 0.717) is 23.8 Å². The normalized spacial score (nSPS) is 13.3. The van der Waals surface area contributed by atoms with Crippen molar-refractivity contribution in [2.45, 2.75) is 36.6 Å². The number of aromatic nitrogens is 1. The highest BCUT2D eigenvalue weighted by atomic mass is 32.2. The summed E-state index contributed by atoms with van der Waals surface area (Å²) >= 11 is 1.36. The van der Waals surface area contributed by atoms with Crippen LogP contribution in [-0.4, -0.2) is 23.8 Å². The Hall–Kier alpha value is -2.05. The molecule has 0 aliphatic heterocycles. The molecule has 0 amide bonds. The van der Waals surface area contributed by atoms with E-state index in [1.165, 1.54) is 11.8 Å². The molecule has 1 aromatic rings. The van der Waals surface area contributed by atoms with Crippen LogP contribution in [-0.2, 0) is 4.74 Å². The van der Waals surface area contributed by atoms with Crippen LogP contribution in [0.3, 0.4) is 0 Å². The van der Waals surface area contributed by atoms with Gasteiger partial charge >= 0.3 is 5.97 Å². The van der Waals surface area contributed by atoms with Gasteiger partial charge in [0.15, 0.2) is 0 Å². The molecule has 2 rings (SSSR count). The molecule has 1 fully saturated rings. The highest BCUT2D eigenvalue weighted by molar-refractivity contribution is 7.98. The van der Waals surface area contributed by atoms with Gasteiger partial charge in [-0.2, -0.15) is 10.5 Å². The number of rotatable bonds is 6. The maximum absolute atomic E-state index is 12.2. The second-order valence-electron chi connectivity index (χ2n) is 4.76. The Bertz CT molecular complexity index is 627. The molecule has 0 aromatic carbocycles. The van der Waals surface area contributed by atoms with Crippen LogP contribution in [0.4, 0.5) is 0 Å². The van der Waals surface area contributed by atoms with Crippen molar-refractivity contribution < 1.29 is 9.53 Å². The summed E-state index contributed by atoms with van der Waals surface area (Å²) in [6, 6.07) is 5.73. The number of carbonyl (C=O) groups is 1. The van der Waals surface area contributed by atoms with Crippen molar-refractivity contribution in [3.05, 3.63) is 22.9 Å². The minimum Gasteiger partial charge on any atom is -0.462 e. The van der Waals surface area contributed by atoms with Crippen LogP contribution < -0.4 is 0 Å². The second kappa shape index (κ2) is 7.10. The Morgan fingerprint density at radius 2 is 2.29 bits per heavy atom. The summed E-state index contributed by atoms with van der Waals surface area (Å²) in [7, 11) is 0. The molecule has 1 aliphatic carbocycles. The van der Waals surface area contributed by atoms with E-state index in [1.807, 2.05) is 18.4 Å². The van der Waals surface area contributed by atoms with Gasteiger partial charge < -0.3 is 4.74 Å². The van der Waals surface area contributed by atoms with Crippen molar-refractivity contribution in [2.75, 3.05) is 12.9 Å². The lowest BCUT2D eigenvalue weighted by Gasteiger charge is -2.10. The molecule has 0 atom stereocenters. The zero-order valence-electron chi connectivity index (χ0n) is 11.8. The minimum atomic E-state index is -0.510. The highest BCUT2D eigenvalue weighted by Gasteiger charge is 2.28. The van der Waals surface area contributed by atoms with Crippen LogP contribution in [0.1, 0.15) is 53.2 Å². The monoisotopic (exact) mass is 301 g/mol. The van der Waals surface area contributed by atoms with Crippen LogP contribution in [0.5, 0.6) is 0 Å². The van der Waals surface area contributed by atoms with Gasteiger partial charge in [0.2, 0.25) is 0 Å². The molecule has 1 aromatic heterocycles. The minimum absolute atomic E-state index is 0.187. The van der Waals surface area contributed by atoms with Gasteiger partial charge in [0.05, 0.1) is 23.8 Å². The third kappa shape index (κ3) is 3.74. The third-order valence-corrected chi connectivity index (χ3v) is 3.87. The molecule has 6 heteroatoms. The van der Waals surface area contributed by atoms with Gasteiger partial charge in [-0.05, 0) is 31.6 Å². The van der Waals surface area contributed by atoms with Crippen molar-refractivity contribution in [1.29, 1.82) is 10.5 Å². The molecule has 108 valence electrons. The summed E-state index contributed by atoms with van der Waals surface area (Å²) in [5, 5.41) is 18.3. The molecule has 21 heavy (non-hydrogen) atoms. The molecule has 0 N–H and O–H groups in total. The summed E-state index contributed by atoms with van der Waals surface area (Å²) in [6.07, 6.45) is 4.83. The van der Waals surface area contributed by atoms with E-state index in [9.17, 15) is 10.1 Å². The molecule has 0 bridgehead atoms. The van der Waals surface area contributed by atoms with E-state index >= 15 is 0 Å². The molecule has 0 unspecified atom stereocenters. The summed E-state index contributed by atoms with van der Waals surface area (Å²) in [6.45, 7) is 0.187. The number of hydrogen-bond donors (Lipinski definition) is 0. The Morgan fingerprint density at radius 1 is 1.52 bits per heavy atom. The molecular weight excluding hydrogens is 286 g/mol. The lowest BCUT2D eigenvalue weighted by molar-refractivity contribution is 0.0500. The number of ether oxygens (including phenoxy) is 1. The number of thioether (sulfide) groups is 1. The fourth-order valence-electron chi connectivity index (χ4n) is 1.94. The molecule has 1 heterocycles. The Balaban J connectivity index is 2.23. The van der Waals surface area contributed by atoms with Gasteiger partial charge in [-0.1, -0.05) is 0 Å². The average molecular weight is 301 g/mol. The van der Waals surface area contributed by atoms with Crippen LogP contribution in [0.15, 0.2) is 11.1 Å². The fourth-order valence-corrected chi connectivity index (χ4v) is 2.50. The predicted molar refractivity (Wildman–Crippen MR) is 77.8 cm³/mol.